The normalized spacial score (nSPS) is 10.4. The van der Waals surface area contributed by atoms with E-state index in [9.17, 15) is 9.18 Å². The molecule has 0 amide bonds. The maximum absolute atomic E-state index is 12.3. The molecule has 1 aromatic rings. The summed E-state index contributed by atoms with van der Waals surface area (Å²) in [4.78, 5) is 13.7. The Morgan fingerprint density at radius 2 is 2.33 bits per heavy atom. The van der Waals surface area contributed by atoms with E-state index in [0.29, 0.717) is 5.69 Å². The van der Waals surface area contributed by atoms with E-state index in [2.05, 4.69) is 4.98 Å². The molecule has 0 aromatic carbocycles. The molecule has 1 heterocycles. The first-order valence-corrected chi connectivity index (χ1v) is 3.21. The van der Waals surface area contributed by atoms with Crippen LogP contribution in [0.4, 0.5) is 4.39 Å². The van der Waals surface area contributed by atoms with Gasteiger partial charge >= 0.3 is 5.97 Å². The van der Waals surface area contributed by atoms with E-state index in [-0.39, 0.29) is 0 Å². The van der Waals surface area contributed by atoms with Gasteiger partial charge in [0, 0.05) is 6.08 Å². The van der Waals surface area contributed by atoms with Crippen LogP contribution in [0, 0.1) is 5.82 Å². The molecule has 62 valence electrons. The van der Waals surface area contributed by atoms with Crippen molar-refractivity contribution in [1.29, 1.82) is 0 Å². The summed E-state index contributed by atoms with van der Waals surface area (Å²) in [6.07, 6.45) is 3.27. The van der Waals surface area contributed by atoms with Crippen molar-refractivity contribution in [2.45, 2.75) is 0 Å². The quantitative estimate of drug-likeness (QED) is 0.676. The van der Waals surface area contributed by atoms with Gasteiger partial charge in [-0.25, -0.2) is 9.18 Å². The van der Waals surface area contributed by atoms with Crippen LogP contribution >= 0.6 is 0 Å². The first-order chi connectivity index (χ1) is 5.68. The van der Waals surface area contributed by atoms with E-state index in [0.717, 1.165) is 12.3 Å². The van der Waals surface area contributed by atoms with Gasteiger partial charge < -0.3 is 5.11 Å². The molecule has 0 fully saturated rings. The van der Waals surface area contributed by atoms with Gasteiger partial charge in [-0.3, -0.25) is 4.98 Å². The topological polar surface area (TPSA) is 50.2 Å². The molecule has 0 aliphatic carbocycles. The largest absolute Gasteiger partial charge is 0.478 e. The van der Waals surface area contributed by atoms with Crippen LogP contribution in [0.5, 0.6) is 0 Å². The molecule has 0 saturated heterocycles. The summed E-state index contributed by atoms with van der Waals surface area (Å²) in [5, 5.41) is 8.24. The van der Waals surface area contributed by atoms with Crippen LogP contribution in [-0.4, -0.2) is 16.1 Å². The second-order valence-corrected chi connectivity index (χ2v) is 2.07. The van der Waals surface area contributed by atoms with Gasteiger partial charge in [0.2, 0.25) is 0 Å². The van der Waals surface area contributed by atoms with Crippen molar-refractivity contribution in [3.8, 4) is 0 Å². The summed E-state index contributed by atoms with van der Waals surface area (Å²) in [6.45, 7) is 0. The summed E-state index contributed by atoms with van der Waals surface area (Å²) in [6, 6.07) is 2.61. The molecule has 1 N–H and O–H groups in total. The summed E-state index contributed by atoms with van der Waals surface area (Å²) < 4.78 is 12.3. The van der Waals surface area contributed by atoms with Crippen LogP contribution in [0.15, 0.2) is 24.4 Å². The number of hydrogen-bond acceptors (Lipinski definition) is 2. The van der Waals surface area contributed by atoms with Crippen molar-refractivity contribution in [1.82, 2.24) is 4.98 Å². The Morgan fingerprint density at radius 3 is 2.83 bits per heavy atom. The second kappa shape index (κ2) is 3.61. The Kier molecular flexibility index (Phi) is 2.53. The van der Waals surface area contributed by atoms with E-state index in [4.69, 9.17) is 5.11 Å². The van der Waals surface area contributed by atoms with Crippen LogP contribution in [0.25, 0.3) is 6.08 Å². The summed E-state index contributed by atoms with van der Waals surface area (Å²) in [7, 11) is 0. The monoisotopic (exact) mass is 167 g/mol. The molecule has 4 heteroatoms. The molecule has 0 radical (unpaired) electrons. The van der Waals surface area contributed by atoms with Gasteiger partial charge in [0.05, 0.1) is 11.9 Å². The zero-order chi connectivity index (χ0) is 8.97. The third-order valence-corrected chi connectivity index (χ3v) is 1.15. The van der Waals surface area contributed by atoms with Gasteiger partial charge in [-0.15, -0.1) is 0 Å². The molecule has 0 bridgehead atoms. The lowest BCUT2D eigenvalue weighted by atomic mass is 10.3. The molecule has 0 spiro atoms. The Morgan fingerprint density at radius 1 is 1.58 bits per heavy atom. The fraction of sp³-hybridized carbons (Fsp3) is 0. The van der Waals surface area contributed by atoms with E-state index in [1.54, 1.807) is 0 Å². The van der Waals surface area contributed by atoms with E-state index in [1.807, 2.05) is 0 Å². The van der Waals surface area contributed by atoms with Crippen LogP contribution in [0.3, 0.4) is 0 Å². The standard InChI is InChI=1S/C8H6FNO2/c9-6-1-2-7(10-5-6)3-4-8(11)12/h1-5H,(H,11,12)/b4-3-. The van der Waals surface area contributed by atoms with Crippen molar-refractivity contribution in [3.63, 3.8) is 0 Å². The highest BCUT2D eigenvalue weighted by atomic mass is 19.1. The Bertz CT molecular complexity index is 305. The maximum atomic E-state index is 12.3. The van der Waals surface area contributed by atoms with E-state index >= 15 is 0 Å². The number of carboxylic acid groups (broad SMARTS) is 1. The number of carbonyl (C=O) groups is 1. The lowest BCUT2D eigenvalue weighted by Crippen LogP contribution is -1.87. The predicted molar refractivity (Wildman–Crippen MR) is 40.9 cm³/mol. The third-order valence-electron chi connectivity index (χ3n) is 1.15. The molecular weight excluding hydrogens is 161 g/mol. The third kappa shape index (κ3) is 2.49. The van der Waals surface area contributed by atoms with Gasteiger partial charge in [-0.1, -0.05) is 0 Å². The number of aromatic nitrogens is 1. The number of carboxylic acids is 1. The van der Waals surface area contributed by atoms with Crippen LogP contribution in [0.2, 0.25) is 0 Å². The van der Waals surface area contributed by atoms with E-state index < -0.39 is 11.8 Å². The minimum atomic E-state index is -1.05. The van der Waals surface area contributed by atoms with Crippen molar-refractivity contribution in [2.75, 3.05) is 0 Å². The van der Waals surface area contributed by atoms with Gasteiger partial charge in [0.1, 0.15) is 5.82 Å². The number of halogens is 1. The minimum absolute atomic E-state index is 0.416. The van der Waals surface area contributed by atoms with Gasteiger partial charge in [0.15, 0.2) is 0 Å². The van der Waals surface area contributed by atoms with Crippen molar-refractivity contribution in [2.24, 2.45) is 0 Å². The molecule has 12 heavy (non-hydrogen) atoms. The highest BCUT2D eigenvalue weighted by Crippen LogP contribution is 1.99. The van der Waals surface area contributed by atoms with E-state index in [1.165, 1.54) is 18.2 Å². The average molecular weight is 167 g/mol. The van der Waals surface area contributed by atoms with Crippen LogP contribution < -0.4 is 0 Å². The summed E-state index contributed by atoms with van der Waals surface area (Å²) in [5.74, 6) is -1.50. The molecule has 1 aromatic heterocycles. The predicted octanol–water partition coefficient (Wildman–Crippen LogP) is 1.32. The van der Waals surface area contributed by atoms with Crippen LogP contribution in [-0.2, 0) is 4.79 Å². The highest BCUT2D eigenvalue weighted by molar-refractivity contribution is 5.84. The number of hydrogen-bond donors (Lipinski definition) is 1. The zero-order valence-corrected chi connectivity index (χ0v) is 6.07. The zero-order valence-electron chi connectivity index (χ0n) is 6.07. The molecule has 0 aliphatic heterocycles. The molecule has 0 aliphatic rings. The maximum Gasteiger partial charge on any atom is 0.328 e. The first-order valence-electron chi connectivity index (χ1n) is 3.21. The first kappa shape index (κ1) is 8.39. The van der Waals surface area contributed by atoms with Crippen molar-refractivity contribution in [3.05, 3.63) is 35.9 Å². The van der Waals surface area contributed by atoms with Crippen molar-refractivity contribution >= 4 is 12.0 Å². The van der Waals surface area contributed by atoms with Gasteiger partial charge in [-0.2, -0.15) is 0 Å². The average Bonchev–Trinajstić information content (AvgIpc) is 2.03. The lowest BCUT2D eigenvalue weighted by Gasteiger charge is -1.89. The lowest BCUT2D eigenvalue weighted by molar-refractivity contribution is -0.131. The van der Waals surface area contributed by atoms with Gasteiger partial charge in [-0.05, 0) is 18.2 Å². The SMILES string of the molecule is O=C(O)/C=C\c1ccc(F)cn1. The number of nitrogens with zero attached hydrogens (tertiary/aromatic N) is 1. The fourth-order valence-electron chi connectivity index (χ4n) is 0.643. The van der Waals surface area contributed by atoms with Gasteiger partial charge in [0.25, 0.3) is 0 Å². The number of aliphatic carboxylic acids is 1. The summed E-state index contributed by atoms with van der Waals surface area (Å²) in [5.41, 5.74) is 0.416. The molecule has 1 rings (SSSR count). The Labute approximate surface area is 68.2 Å². The number of rotatable bonds is 2. The smallest absolute Gasteiger partial charge is 0.328 e. The Hall–Kier alpha value is -1.71. The minimum Gasteiger partial charge on any atom is -0.478 e. The van der Waals surface area contributed by atoms with Crippen molar-refractivity contribution < 1.29 is 14.3 Å². The molecule has 0 saturated carbocycles. The number of pyridine rings is 1. The molecular formula is C8H6FNO2. The molecule has 0 atom stereocenters. The summed E-state index contributed by atoms with van der Waals surface area (Å²) >= 11 is 0. The molecule has 3 nitrogen and oxygen atoms in total. The second-order valence-electron chi connectivity index (χ2n) is 2.07. The van der Waals surface area contributed by atoms with Crippen LogP contribution in [0.1, 0.15) is 5.69 Å². The fourth-order valence-corrected chi connectivity index (χ4v) is 0.643. The Balaban J connectivity index is 2.77. The highest BCUT2D eigenvalue weighted by Gasteiger charge is 1.91. The molecule has 0 unspecified atom stereocenters.